The van der Waals surface area contributed by atoms with Crippen molar-refractivity contribution in [1.82, 2.24) is 25.3 Å². The number of fused-ring (bicyclic) bond motifs is 1. The number of carbonyl (C=O) groups is 1. The molecule has 150 valence electrons. The number of hydrogen-bond acceptors (Lipinski definition) is 5. The molecule has 2 unspecified atom stereocenters. The summed E-state index contributed by atoms with van der Waals surface area (Å²) in [6.07, 6.45) is 4.91. The smallest absolute Gasteiger partial charge is 0.273 e. The minimum atomic E-state index is -0.179. The summed E-state index contributed by atoms with van der Waals surface area (Å²) in [4.78, 5) is 17.0. The quantitative estimate of drug-likeness (QED) is 0.673. The van der Waals surface area contributed by atoms with E-state index in [1.807, 2.05) is 37.3 Å². The van der Waals surface area contributed by atoms with Crippen molar-refractivity contribution >= 4 is 41.6 Å². The lowest BCUT2D eigenvalue weighted by atomic mass is 10.0. The van der Waals surface area contributed by atoms with Gasteiger partial charge in [-0.15, -0.1) is 29.9 Å². The van der Waals surface area contributed by atoms with Gasteiger partial charge >= 0.3 is 0 Å². The fourth-order valence-electron chi connectivity index (χ4n) is 3.72. The molecule has 28 heavy (non-hydrogen) atoms. The van der Waals surface area contributed by atoms with Crippen LogP contribution in [-0.2, 0) is 0 Å². The van der Waals surface area contributed by atoms with E-state index >= 15 is 0 Å². The standard InChI is InChI=1S/C19H22N6O.2ClH/c1-12-18(19(26)22-17-6-2-4-14(17)11-20)23-24-25(12)15-7-8-16-13(10-15)5-3-9-21-16;;/h3,5,7-10,14,17H,2,4,6,11,20H2,1H3,(H,22,26);2*1H. The molecule has 1 amide bonds. The predicted molar refractivity (Wildman–Crippen MR) is 114 cm³/mol. The van der Waals surface area contributed by atoms with Gasteiger partial charge in [-0.3, -0.25) is 9.78 Å². The van der Waals surface area contributed by atoms with Gasteiger partial charge in [0, 0.05) is 17.6 Å². The maximum absolute atomic E-state index is 12.7. The molecule has 0 radical (unpaired) electrons. The first-order chi connectivity index (χ1) is 12.7. The van der Waals surface area contributed by atoms with Crippen LogP contribution in [0.5, 0.6) is 0 Å². The van der Waals surface area contributed by atoms with Gasteiger partial charge in [-0.05, 0) is 56.5 Å². The van der Waals surface area contributed by atoms with E-state index in [0.29, 0.717) is 23.9 Å². The van der Waals surface area contributed by atoms with Gasteiger partial charge in [0.2, 0.25) is 0 Å². The van der Waals surface area contributed by atoms with E-state index in [2.05, 4.69) is 20.6 Å². The van der Waals surface area contributed by atoms with E-state index in [1.165, 1.54) is 0 Å². The molecule has 0 bridgehead atoms. The van der Waals surface area contributed by atoms with Crippen LogP contribution in [0.15, 0.2) is 36.5 Å². The monoisotopic (exact) mass is 422 g/mol. The van der Waals surface area contributed by atoms with Gasteiger partial charge in [-0.1, -0.05) is 17.7 Å². The lowest BCUT2D eigenvalue weighted by molar-refractivity contribution is 0.0923. The molecule has 9 heteroatoms. The summed E-state index contributed by atoms with van der Waals surface area (Å²) in [6.45, 7) is 2.46. The second-order valence-corrected chi connectivity index (χ2v) is 6.82. The van der Waals surface area contributed by atoms with E-state index in [0.717, 1.165) is 35.9 Å². The molecule has 4 rings (SSSR count). The Bertz CT molecular complexity index is 961. The minimum absolute atomic E-state index is 0. The number of benzene rings is 1. The van der Waals surface area contributed by atoms with Crippen molar-refractivity contribution < 1.29 is 4.79 Å². The van der Waals surface area contributed by atoms with Gasteiger partial charge in [0.05, 0.1) is 16.9 Å². The Kier molecular flexibility index (Phi) is 7.35. The molecule has 1 saturated carbocycles. The largest absolute Gasteiger partial charge is 0.348 e. The summed E-state index contributed by atoms with van der Waals surface area (Å²) in [6, 6.07) is 9.89. The highest BCUT2D eigenvalue weighted by molar-refractivity contribution is 5.93. The average molecular weight is 423 g/mol. The summed E-state index contributed by atoms with van der Waals surface area (Å²) < 4.78 is 1.69. The van der Waals surface area contributed by atoms with Crippen LogP contribution in [-0.4, -0.2) is 38.5 Å². The lowest BCUT2D eigenvalue weighted by Crippen LogP contribution is -2.40. The Hall–Kier alpha value is -2.22. The molecule has 1 fully saturated rings. The summed E-state index contributed by atoms with van der Waals surface area (Å²) in [5.41, 5.74) is 8.66. The number of hydrogen-bond donors (Lipinski definition) is 2. The third-order valence-electron chi connectivity index (χ3n) is 5.22. The zero-order valence-electron chi connectivity index (χ0n) is 15.5. The average Bonchev–Trinajstić information content (AvgIpc) is 3.27. The van der Waals surface area contributed by atoms with Gasteiger partial charge in [0.25, 0.3) is 5.91 Å². The number of pyridine rings is 1. The van der Waals surface area contributed by atoms with Gasteiger partial charge in [0.1, 0.15) is 0 Å². The molecule has 0 saturated heterocycles. The Morgan fingerprint density at radius 2 is 2.11 bits per heavy atom. The summed E-state index contributed by atoms with van der Waals surface area (Å²) >= 11 is 0. The Balaban J connectivity index is 0.00000140. The van der Waals surface area contributed by atoms with Gasteiger partial charge in [0.15, 0.2) is 5.69 Å². The molecule has 3 aromatic rings. The van der Waals surface area contributed by atoms with E-state index in [4.69, 9.17) is 5.73 Å². The lowest BCUT2D eigenvalue weighted by Gasteiger charge is -2.18. The summed E-state index contributed by atoms with van der Waals surface area (Å²) in [5, 5.41) is 12.4. The summed E-state index contributed by atoms with van der Waals surface area (Å²) in [7, 11) is 0. The highest BCUT2D eigenvalue weighted by Crippen LogP contribution is 2.25. The van der Waals surface area contributed by atoms with Crippen LogP contribution in [0.25, 0.3) is 16.6 Å². The third kappa shape index (κ3) is 4.11. The fraction of sp³-hybridized carbons (Fsp3) is 0.368. The van der Waals surface area contributed by atoms with Crippen molar-refractivity contribution in [2.45, 2.75) is 32.2 Å². The Labute approximate surface area is 175 Å². The van der Waals surface area contributed by atoms with Crippen LogP contribution in [0.3, 0.4) is 0 Å². The molecule has 0 aliphatic heterocycles. The van der Waals surface area contributed by atoms with E-state index in [9.17, 15) is 4.79 Å². The normalized spacial score (nSPS) is 18.4. The number of rotatable bonds is 4. The van der Waals surface area contributed by atoms with Crippen LogP contribution >= 0.6 is 24.8 Å². The zero-order chi connectivity index (χ0) is 18.1. The number of nitrogens with zero attached hydrogens (tertiary/aromatic N) is 4. The van der Waals surface area contributed by atoms with Crippen molar-refractivity contribution in [2.24, 2.45) is 11.7 Å². The first-order valence-corrected chi connectivity index (χ1v) is 8.96. The molecule has 7 nitrogen and oxygen atoms in total. The van der Waals surface area contributed by atoms with Gasteiger partial charge < -0.3 is 11.1 Å². The minimum Gasteiger partial charge on any atom is -0.348 e. The molecule has 2 heterocycles. The van der Waals surface area contributed by atoms with Crippen molar-refractivity contribution in [3.8, 4) is 5.69 Å². The maximum Gasteiger partial charge on any atom is 0.273 e. The molecular formula is C19H24Cl2N6O. The van der Waals surface area contributed by atoms with Crippen molar-refractivity contribution in [3.63, 3.8) is 0 Å². The molecule has 1 aliphatic rings. The fourth-order valence-corrected chi connectivity index (χ4v) is 3.72. The predicted octanol–water partition coefficient (Wildman–Crippen LogP) is 2.82. The number of carbonyl (C=O) groups excluding carboxylic acids is 1. The molecule has 3 N–H and O–H groups in total. The molecule has 2 atom stereocenters. The van der Waals surface area contributed by atoms with Crippen molar-refractivity contribution in [2.75, 3.05) is 6.54 Å². The van der Waals surface area contributed by atoms with Gasteiger partial charge in [-0.2, -0.15) is 0 Å². The Morgan fingerprint density at radius 1 is 1.29 bits per heavy atom. The number of nitrogens with one attached hydrogen (secondary N) is 1. The van der Waals surface area contributed by atoms with E-state index in [1.54, 1.807) is 10.9 Å². The number of amides is 1. The maximum atomic E-state index is 12.7. The van der Waals surface area contributed by atoms with Crippen molar-refractivity contribution in [1.29, 1.82) is 0 Å². The second-order valence-electron chi connectivity index (χ2n) is 6.82. The SMILES string of the molecule is Cc1c(C(=O)NC2CCCC2CN)nnn1-c1ccc2ncccc2c1.Cl.Cl. The van der Waals surface area contributed by atoms with Crippen LogP contribution in [0.2, 0.25) is 0 Å². The first-order valence-electron chi connectivity index (χ1n) is 8.96. The molecular weight excluding hydrogens is 399 g/mol. The number of halogens is 2. The van der Waals surface area contributed by atoms with Crippen LogP contribution in [0.1, 0.15) is 35.4 Å². The third-order valence-corrected chi connectivity index (χ3v) is 5.22. The second kappa shape index (κ2) is 9.32. The molecule has 1 aromatic carbocycles. The van der Waals surface area contributed by atoms with E-state index in [-0.39, 0.29) is 36.8 Å². The Morgan fingerprint density at radius 3 is 2.89 bits per heavy atom. The first kappa shape index (κ1) is 22.1. The highest BCUT2D eigenvalue weighted by Gasteiger charge is 2.29. The van der Waals surface area contributed by atoms with Crippen LogP contribution in [0.4, 0.5) is 0 Å². The topological polar surface area (TPSA) is 98.7 Å². The van der Waals surface area contributed by atoms with Crippen molar-refractivity contribution in [3.05, 3.63) is 47.9 Å². The number of aromatic nitrogens is 4. The number of nitrogens with two attached hydrogens (primary N) is 1. The molecule has 0 spiro atoms. The van der Waals surface area contributed by atoms with E-state index < -0.39 is 0 Å². The zero-order valence-corrected chi connectivity index (χ0v) is 17.2. The highest BCUT2D eigenvalue weighted by atomic mass is 35.5. The van der Waals surface area contributed by atoms with Crippen LogP contribution < -0.4 is 11.1 Å². The van der Waals surface area contributed by atoms with Crippen LogP contribution in [0, 0.1) is 12.8 Å². The summed E-state index contributed by atoms with van der Waals surface area (Å²) in [5.74, 6) is 0.170. The molecule has 2 aromatic heterocycles. The molecule has 1 aliphatic carbocycles. The van der Waals surface area contributed by atoms with Gasteiger partial charge in [-0.25, -0.2) is 4.68 Å².